The lowest BCUT2D eigenvalue weighted by Gasteiger charge is -2.07. The third-order valence-corrected chi connectivity index (χ3v) is 7.36. The summed E-state index contributed by atoms with van der Waals surface area (Å²) < 4.78 is 26.5. The highest BCUT2D eigenvalue weighted by Crippen LogP contribution is 2.25. The molecule has 0 fully saturated rings. The molecule has 8 heteroatoms. The number of carbonyl (C=O) groups excluding carboxylic acids is 1. The van der Waals surface area contributed by atoms with E-state index in [4.69, 9.17) is 16.7 Å². The van der Waals surface area contributed by atoms with Crippen molar-refractivity contribution in [1.82, 2.24) is 15.1 Å². The van der Waals surface area contributed by atoms with E-state index in [9.17, 15) is 13.2 Å². The van der Waals surface area contributed by atoms with Crippen molar-refractivity contribution in [3.63, 3.8) is 0 Å². The zero-order chi connectivity index (χ0) is 24.0. The fraction of sp³-hybridized carbons (Fsp3) is 0.154. The Morgan fingerprint density at radius 3 is 2.24 bits per heavy atom. The molecule has 0 radical (unpaired) electrons. The molecule has 1 aromatic heterocycles. The molecule has 1 N–H and O–H groups in total. The lowest BCUT2D eigenvalue weighted by atomic mass is 10.1. The average Bonchev–Trinajstić information content (AvgIpc) is 3.27. The molecule has 0 aliphatic heterocycles. The van der Waals surface area contributed by atoms with Crippen molar-refractivity contribution < 1.29 is 13.2 Å². The Labute approximate surface area is 204 Å². The quantitative estimate of drug-likeness (QED) is 0.342. The zero-order valence-electron chi connectivity index (χ0n) is 18.4. The molecule has 0 aliphatic carbocycles. The van der Waals surface area contributed by atoms with Gasteiger partial charge in [0.1, 0.15) is 0 Å². The number of rotatable bonds is 9. The van der Waals surface area contributed by atoms with Crippen molar-refractivity contribution in [2.75, 3.05) is 12.3 Å². The number of benzene rings is 3. The maximum absolute atomic E-state index is 12.7. The van der Waals surface area contributed by atoms with Crippen LogP contribution in [0.3, 0.4) is 0 Å². The first-order valence-electron chi connectivity index (χ1n) is 10.9. The standard InChI is InChI=1S/C26H24ClN3O3S/c27-22-14-12-20(13-15-22)26-21(19-30(29-26)23-8-3-1-4-9-23)18-25(31)28-16-7-17-34(32,33)24-10-5-2-6-11-24/h1-6,8-15,19H,7,16-18H2,(H,28,31). The molecule has 4 rings (SSSR count). The molecule has 34 heavy (non-hydrogen) atoms. The Morgan fingerprint density at radius 1 is 0.912 bits per heavy atom. The predicted molar refractivity (Wildman–Crippen MR) is 134 cm³/mol. The van der Waals surface area contributed by atoms with Crippen LogP contribution in [-0.2, 0) is 21.1 Å². The van der Waals surface area contributed by atoms with Crippen molar-refractivity contribution in [2.24, 2.45) is 0 Å². The predicted octanol–water partition coefficient (Wildman–Crippen LogP) is 4.72. The molecule has 1 amide bonds. The Balaban J connectivity index is 1.43. The van der Waals surface area contributed by atoms with Crippen molar-refractivity contribution in [1.29, 1.82) is 0 Å². The summed E-state index contributed by atoms with van der Waals surface area (Å²) in [7, 11) is -3.37. The molecule has 0 saturated carbocycles. The first-order chi connectivity index (χ1) is 16.4. The van der Waals surface area contributed by atoms with Crippen LogP contribution in [0.4, 0.5) is 0 Å². The Kier molecular flexibility index (Phi) is 7.45. The molecule has 174 valence electrons. The van der Waals surface area contributed by atoms with E-state index >= 15 is 0 Å². The number of hydrogen-bond donors (Lipinski definition) is 1. The largest absolute Gasteiger partial charge is 0.356 e. The van der Waals surface area contributed by atoms with Crippen molar-refractivity contribution in [2.45, 2.75) is 17.7 Å². The molecule has 0 unspecified atom stereocenters. The maximum atomic E-state index is 12.7. The van der Waals surface area contributed by atoms with Gasteiger partial charge in [0.2, 0.25) is 5.91 Å². The highest BCUT2D eigenvalue weighted by Gasteiger charge is 2.17. The fourth-order valence-electron chi connectivity index (χ4n) is 3.57. The summed E-state index contributed by atoms with van der Waals surface area (Å²) in [5, 5.41) is 8.16. The number of sulfone groups is 1. The number of hydrogen-bond acceptors (Lipinski definition) is 4. The molecule has 1 heterocycles. The number of halogens is 1. The number of para-hydroxylation sites is 1. The summed E-state index contributed by atoms with van der Waals surface area (Å²) in [4.78, 5) is 13.0. The third-order valence-electron chi connectivity index (χ3n) is 5.29. The van der Waals surface area contributed by atoms with Crippen LogP contribution in [-0.4, -0.2) is 36.4 Å². The SMILES string of the molecule is O=C(Cc1cn(-c2ccccc2)nc1-c1ccc(Cl)cc1)NCCCS(=O)(=O)c1ccccc1. The first kappa shape index (κ1) is 23.7. The van der Waals surface area contributed by atoms with Gasteiger partial charge in [-0.3, -0.25) is 4.79 Å². The second kappa shape index (κ2) is 10.7. The molecule has 4 aromatic rings. The number of amides is 1. The topological polar surface area (TPSA) is 81.1 Å². The molecular weight excluding hydrogens is 470 g/mol. The number of nitrogens with zero attached hydrogens (tertiary/aromatic N) is 2. The molecule has 0 bridgehead atoms. The second-order valence-corrected chi connectivity index (χ2v) is 10.3. The summed E-state index contributed by atoms with van der Waals surface area (Å²) in [6.45, 7) is 0.272. The van der Waals surface area contributed by atoms with Crippen LogP contribution in [0.1, 0.15) is 12.0 Å². The number of aromatic nitrogens is 2. The van der Waals surface area contributed by atoms with Crippen LogP contribution in [0.2, 0.25) is 5.02 Å². The Hall–Kier alpha value is -3.42. The number of nitrogens with one attached hydrogen (secondary N) is 1. The normalized spacial score (nSPS) is 11.3. The van der Waals surface area contributed by atoms with E-state index in [1.54, 1.807) is 47.1 Å². The lowest BCUT2D eigenvalue weighted by molar-refractivity contribution is -0.120. The highest BCUT2D eigenvalue weighted by molar-refractivity contribution is 7.91. The molecule has 0 atom stereocenters. The van der Waals surface area contributed by atoms with E-state index in [0.29, 0.717) is 22.0 Å². The van der Waals surface area contributed by atoms with Gasteiger partial charge in [-0.05, 0) is 42.8 Å². The van der Waals surface area contributed by atoms with Gasteiger partial charge in [-0.1, -0.05) is 60.1 Å². The monoisotopic (exact) mass is 493 g/mol. The smallest absolute Gasteiger partial charge is 0.224 e. The van der Waals surface area contributed by atoms with Gasteiger partial charge in [-0.2, -0.15) is 5.10 Å². The van der Waals surface area contributed by atoms with E-state index in [2.05, 4.69) is 5.32 Å². The minimum absolute atomic E-state index is 0.0285. The van der Waals surface area contributed by atoms with Gasteiger partial charge in [-0.15, -0.1) is 0 Å². The molecule has 0 aliphatic rings. The van der Waals surface area contributed by atoms with E-state index in [1.165, 1.54) is 0 Å². The van der Waals surface area contributed by atoms with Crippen molar-refractivity contribution in [3.05, 3.63) is 102 Å². The minimum Gasteiger partial charge on any atom is -0.356 e. The van der Waals surface area contributed by atoms with E-state index < -0.39 is 9.84 Å². The molecule has 3 aromatic carbocycles. The van der Waals surface area contributed by atoms with Crippen molar-refractivity contribution >= 4 is 27.3 Å². The maximum Gasteiger partial charge on any atom is 0.224 e. The molecular formula is C26H24ClN3O3S. The second-order valence-electron chi connectivity index (χ2n) is 7.80. The highest BCUT2D eigenvalue weighted by atomic mass is 35.5. The van der Waals surface area contributed by atoms with Crippen LogP contribution in [0.25, 0.3) is 16.9 Å². The summed E-state index contributed by atoms with van der Waals surface area (Å²) >= 11 is 6.03. The average molecular weight is 494 g/mol. The van der Waals surface area contributed by atoms with Gasteiger partial charge in [0, 0.05) is 28.9 Å². The van der Waals surface area contributed by atoms with Crippen LogP contribution < -0.4 is 5.32 Å². The zero-order valence-corrected chi connectivity index (χ0v) is 20.0. The van der Waals surface area contributed by atoms with Crippen LogP contribution in [0.5, 0.6) is 0 Å². The van der Waals surface area contributed by atoms with E-state index in [0.717, 1.165) is 16.8 Å². The Morgan fingerprint density at radius 2 is 1.56 bits per heavy atom. The van der Waals surface area contributed by atoms with Gasteiger partial charge in [0.15, 0.2) is 9.84 Å². The van der Waals surface area contributed by atoms with Gasteiger partial charge >= 0.3 is 0 Å². The molecule has 0 spiro atoms. The van der Waals surface area contributed by atoms with Crippen LogP contribution >= 0.6 is 11.6 Å². The van der Waals surface area contributed by atoms with Crippen molar-refractivity contribution in [3.8, 4) is 16.9 Å². The third kappa shape index (κ3) is 5.92. The minimum atomic E-state index is -3.37. The van der Waals surface area contributed by atoms with Crippen LogP contribution in [0.15, 0.2) is 96.0 Å². The lowest BCUT2D eigenvalue weighted by Crippen LogP contribution is -2.27. The van der Waals surface area contributed by atoms with Gasteiger partial charge in [-0.25, -0.2) is 13.1 Å². The van der Waals surface area contributed by atoms with E-state index in [-0.39, 0.29) is 24.6 Å². The summed E-state index contributed by atoms with van der Waals surface area (Å²) in [5.74, 6) is -0.223. The molecule has 0 saturated heterocycles. The number of carbonyl (C=O) groups is 1. The van der Waals surface area contributed by atoms with Gasteiger partial charge in [0.25, 0.3) is 0 Å². The summed E-state index contributed by atoms with van der Waals surface area (Å²) in [5.41, 5.74) is 3.20. The van der Waals surface area contributed by atoms with E-state index in [1.807, 2.05) is 48.7 Å². The summed E-state index contributed by atoms with van der Waals surface area (Å²) in [6.07, 6.45) is 2.30. The Bertz CT molecular complexity index is 1350. The van der Waals surface area contributed by atoms with Crippen LogP contribution in [0, 0.1) is 0 Å². The first-order valence-corrected chi connectivity index (χ1v) is 12.9. The summed E-state index contributed by atoms with van der Waals surface area (Å²) in [6, 6.07) is 25.3. The molecule has 6 nitrogen and oxygen atoms in total. The van der Waals surface area contributed by atoms with Gasteiger partial charge in [0.05, 0.1) is 28.5 Å². The van der Waals surface area contributed by atoms with Gasteiger partial charge < -0.3 is 5.32 Å². The fourth-order valence-corrected chi connectivity index (χ4v) is 5.03.